The highest BCUT2D eigenvalue weighted by molar-refractivity contribution is 6.31. The summed E-state index contributed by atoms with van der Waals surface area (Å²) in [6.07, 6.45) is -5.67. The van der Waals surface area contributed by atoms with Crippen molar-refractivity contribution >= 4 is 34.2 Å². The molecule has 4 aromatic rings. The van der Waals surface area contributed by atoms with Crippen LogP contribution in [0.1, 0.15) is 17.3 Å². The number of benzene rings is 2. The highest BCUT2D eigenvalue weighted by Crippen LogP contribution is 2.35. The first kappa shape index (κ1) is 21.3. The van der Waals surface area contributed by atoms with Crippen LogP contribution in [0.25, 0.3) is 22.2 Å². The van der Waals surface area contributed by atoms with Crippen molar-refractivity contribution in [2.45, 2.75) is 12.5 Å². The number of alkyl halides is 4. The molecule has 0 amide bonds. The van der Waals surface area contributed by atoms with E-state index in [0.29, 0.717) is 15.6 Å². The molecule has 9 heteroatoms. The number of fused-ring (bicyclic) bond motifs is 1. The van der Waals surface area contributed by atoms with Crippen LogP contribution >= 0.6 is 23.2 Å². The fourth-order valence-corrected chi connectivity index (χ4v) is 3.64. The number of rotatable bonds is 3. The van der Waals surface area contributed by atoms with Gasteiger partial charge < -0.3 is 0 Å². The van der Waals surface area contributed by atoms with Crippen LogP contribution in [0.5, 0.6) is 0 Å². The first-order valence-corrected chi connectivity index (χ1v) is 9.69. The molecule has 1 atom stereocenters. The molecule has 0 radical (unpaired) electrons. The number of halogens is 6. The summed E-state index contributed by atoms with van der Waals surface area (Å²) in [5.74, 6) is 0. The standard InChI is InChI=1S/C22H12Cl2F4N2O/c23-15-6-4-12(5-7-15)20(25)14-9-18-17(13-2-1-3-16(24)8-13)10-19(31)30(22(26,27)28)21(18)29-11-14/h1-11,20H. The molecule has 0 spiro atoms. The fraction of sp³-hybridized carbons (Fsp3) is 0.0909. The Morgan fingerprint density at radius 1 is 0.903 bits per heavy atom. The Labute approximate surface area is 183 Å². The lowest BCUT2D eigenvalue weighted by molar-refractivity contribution is -0.203. The third-order valence-electron chi connectivity index (χ3n) is 4.72. The number of pyridine rings is 2. The molecule has 0 bridgehead atoms. The molecule has 31 heavy (non-hydrogen) atoms. The second kappa shape index (κ2) is 7.98. The zero-order valence-corrected chi connectivity index (χ0v) is 17.0. The molecule has 2 aromatic heterocycles. The Balaban J connectivity index is 1.99. The minimum absolute atomic E-state index is 0.0328. The molecule has 158 valence electrons. The molecule has 0 saturated heterocycles. The zero-order chi connectivity index (χ0) is 22.3. The average molecular weight is 467 g/mol. The summed E-state index contributed by atoms with van der Waals surface area (Å²) in [4.78, 5) is 16.1. The summed E-state index contributed by atoms with van der Waals surface area (Å²) >= 11 is 11.8. The van der Waals surface area contributed by atoms with Gasteiger partial charge in [0.05, 0.1) is 0 Å². The molecule has 0 saturated carbocycles. The molecule has 0 aliphatic rings. The third kappa shape index (κ3) is 4.16. The van der Waals surface area contributed by atoms with Crippen molar-refractivity contribution in [2.75, 3.05) is 0 Å². The Kier molecular flexibility index (Phi) is 5.49. The Bertz CT molecular complexity index is 1330. The number of nitrogens with zero attached hydrogens (tertiary/aromatic N) is 2. The molecule has 2 heterocycles. The smallest absolute Gasteiger partial charge is 0.269 e. The van der Waals surface area contributed by atoms with Gasteiger partial charge >= 0.3 is 6.30 Å². The van der Waals surface area contributed by atoms with E-state index in [9.17, 15) is 18.0 Å². The number of aromatic nitrogens is 2. The normalized spacial score (nSPS) is 12.8. The second-order valence-electron chi connectivity index (χ2n) is 6.76. The molecule has 0 fully saturated rings. The van der Waals surface area contributed by atoms with E-state index in [0.717, 1.165) is 12.3 Å². The average Bonchev–Trinajstić information content (AvgIpc) is 2.72. The predicted octanol–water partition coefficient (Wildman–Crippen LogP) is 6.91. The van der Waals surface area contributed by atoms with E-state index < -0.39 is 23.7 Å². The molecule has 4 rings (SSSR count). The van der Waals surface area contributed by atoms with Crippen LogP contribution in [0.4, 0.5) is 17.6 Å². The lowest BCUT2D eigenvalue weighted by atomic mass is 9.99. The monoisotopic (exact) mass is 466 g/mol. The van der Waals surface area contributed by atoms with E-state index in [2.05, 4.69) is 4.98 Å². The van der Waals surface area contributed by atoms with Crippen molar-refractivity contribution < 1.29 is 17.6 Å². The van der Waals surface area contributed by atoms with Gasteiger partial charge in [-0.2, -0.15) is 0 Å². The van der Waals surface area contributed by atoms with E-state index >= 15 is 4.39 Å². The molecule has 0 N–H and O–H groups in total. The third-order valence-corrected chi connectivity index (χ3v) is 5.21. The highest BCUT2D eigenvalue weighted by Gasteiger charge is 2.35. The van der Waals surface area contributed by atoms with Crippen LogP contribution < -0.4 is 5.56 Å². The molecule has 0 aliphatic heterocycles. The number of hydrogen-bond donors (Lipinski definition) is 0. The van der Waals surface area contributed by atoms with Crippen molar-refractivity contribution in [3.8, 4) is 11.1 Å². The molecule has 0 aliphatic carbocycles. The van der Waals surface area contributed by atoms with Crippen LogP contribution in [-0.2, 0) is 6.30 Å². The molecular weight excluding hydrogens is 455 g/mol. The minimum Gasteiger partial charge on any atom is -0.269 e. The topological polar surface area (TPSA) is 34.9 Å². The van der Waals surface area contributed by atoms with Crippen molar-refractivity contribution in [1.29, 1.82) is 0 Å². The maximum Gasteiger partial charge on any atom is 0.493 e. The lowest BCUT2D eigenvalue weighted by Gasteiger charge is -2.17. The Morgan fingerprint density at radius 3 is 2.26 bits per heavy atom. The van der Waals surface area contributed by atoms with Gasteiger partial charge in [0.1, 0.15) is 0 Å². The van der Waals surface area contributed by atoms with Crippen LogP contribution in [0.2, 0.25) is 10.0 Å². The minimum atomic E-state index is -5.00. The van der Waals surface area contributed by atoms with Gasteiger partial charge in [0.25, 0.3) is 5.56 Å². The summed E-state index contributed by atoms with van der Waals surface area (Å²) in [7, 11) is 0. The van der Waals surface area contributed by atoms with Gasteiger partial charge in [0.15, 0.2) is 11.8 Å². The van der Waals surface area contributed by atoms with Crippen molar-refractivity contribution in [2.24, 2.45) is 0 Å². The van der Waals surface area contributed by atoms with E-state index in [-0.39, 0.29) is 26.6 Å². The van der Waals surface area contributed by atoms with Gasteiger partial charge in [-0.25, -0.2) is 13.9 Å². The Morgan fingerprint density at radius 2 is 1.61 bits per heavy atom. The first-order valence-electron chi connectivity index (χ1n) is 8.93. The summed E-state index contributed by atoms with van der Waals surface area (Å²) in [5, 5.41) is 0.720. The fourth-order valence-electron chi connectivity index (χ4n) is 3.32. The van der Waals surface area contributed by atoms with Crippen LogP contribution in [0, 0.1) is 0 Å². The van der Waals surface area contributed by atoms with Gasteiger partial charge in [-0.15, -0.1) is 13.2 Å². The molecule has 1 unspecified atom stereocenters. The van der Waals surface area contributed by atoms with Crippen LogP contribution in [0.3, 0.4) is 0 Å². The van der Waals surface area contributed by atoms with E-state index in [1.54, 1.807) is 18.2 Å². The maximum atomic E-state index is 15.1. The second-order valence-corrected chi connectivity index (χ2v) is 7.64. The first-order chi connectivity index (χ1) is 14.6. The van der Waals surface area contributed by atoms with Gasteiger partial charge in [-0.3, -0.25) is 4.79 Å². The molecule has 2 aromatic carbocycles. The van der Waals surface area contributed by atoms with Gasteiger partial charge in [-0.1, -0.05) is 47.5 Å². The lowest BCUT2D eigenvalue weighted by Crippen LogP contribution is -2.31. The van der Waals surface area contributed by atoms with Gasteiger partial charge in [0.2, 0.25) is 0 Å². The van der Waals surface area contributed by atoms with Crippen molar-refractivity contribution in [3.05, 3.63) is 98.4 Å². The van der Waals surface area contributed by atoms with Gasteiger partial charge in [-0.05, 0) is 47.0 Å². The number of hydrogen-bond acceptors (Lipinski definition) is 2. The van der Waals surface area contributed by atoms with E-state index in [1.807, 2.05) is 0 Å². The SMILES string of the molecule is O=c1cc(-c2cccc(Cl)c2)c2cc(C(F)c3ccc(Cl)cc3)cnc2n1C(F)(F)F. The van der Waals surface area contributed by atoms with Crippen LogP contribution in [0.15, 0.2) is 71.7 Å². The zero-order valence-electron chi connectivity index (χ0n) is 15.5. The predicted molar refractivity (Wildman–Crippen MR) is 112 cm³/mol. The maximum absolute atomic E-state index is 15.1. The van der Waals surface area contributed by atoms with E-state index in [4.69, 9.17) is 23.2 Å². The summed E-state index contributed by atoms with van der Waals surface area (Å²) < 4.78 is 55.4. The summed E-state index contributed by atoms with van der Waals surface area (Å²) in [6, 6.07) is 14.4. The molecule has 3 nitrogen and oxygen atoms in total. The quantitative estimate of drug-likeness (QED) is 0.307. The van der Waals surface area contributed by atoms with Gasteiger partial charge in [0, 0.05) is 33.3 Å². The molecular formula is C22H12Cl2F4N2O. The van der Waals surface area contributed by atoms with Crippen LogP contribution in [-0.4, -0.2) is 9.55 Å². The highest BCUT2D eigenvalue weighted by atomic mass is 35.5. The Hall–Kier alpha value is -2.90. The largest absolute Gasteiger partial charge is 0.493 e. The summed E-state index contributed by atoms with van der Waals surface area (Å²) in [6.45, 7) is 0. The van der Waals surface area contributed by atoms with E-state index in [1.165, 1.54) is 36.4 Å². The summed E-state index contributed by atoms with van der Waals surface area (Å²) in [5.41, 5.74) is -1.05. The van der Waals surface area contributed by atoms with Crippen molar-refractivity contribution in [3.63, 3.8) is 0 Å². The van der Waals surface area contributed by atoms with Crippen molar-refractivity contribution in [1.82, 2.24) is 9.55 Å².